The van der Waals surface area contributed by atoms with Crippen molar-refractivity contribution in [3.05, 3.63) is 72.7 Å². The molecule has 0 unspecified atom stereocenters. The first-order valence-corrected chi connectivity index (χ1v) is 10.8. The lowest BCUT2D eigenvalue weighted by molar-refractivity contribution is 0.0257. The van der Waals surface area contributed by atoms with Crippen molar-refractivity contribution < 1.29 is 9.47 Å². The minimum Gasteiger partial charge on any atom is -0.488 e. The molecule has 4 aromatic rings. The molecule has 2 N–H and O–H groups in total. The maximum atomic E-state index is 9.65. The molecule has 0 saturated carbocycles. The highest BCUT2D eigenvalue weighted by Crippen LogP contribution is 2.34. The predicted molar refractivity (Wildman–Crippen MR) is 124 cm³/mol. The Morgan fingerprint density at radius 3 is 2.67 bits per heavy atom. The first-order valence-electron chi connectivity index (χ1n) is 10.8. The fraction of sp³-hybridized carbons (Fsp3) is 0.200. The van der Waals surface area contributed by atoms with Crippen LogP contribution in [0.25, 0.3) is 22.4 Å². The molecule has 3 heterocycles. The molecule has 33 heavy (non-hydrogen) atoms. The van der Waals surface area contributed by atoms with Gasteiger partial charge in [0.25, 0.3) is 0 Å². The largest absolute Gasteiger partial charge is 0.488 e. The molecule has 8 nitrogen and oxygen atoms in total. The lowest BCUT2D eigenvalue weighted by Crippen LogP contribution is -2.26. The maximum Gasteiger partial charge on any atom is 0.227 e. The van der Waals surface area contributed by atoms with Crippen molar-refractivity contribution >= 4 is 11.6 Å². The SMILES string of the molecule is N#Cc1cccc(-c2ccnc(Nc3ccc(-c4cn[nH]c4)cc3)n2)c1OC1CCOCC1. The quantitative estimate of drug-likeness (QED) is 0.449. The van der Waals surface area contributed by atoms with Crippen LogP contribution in [0.2, 0.25) is 0 Å². The minimum atomic E-state index is 0.0141. The van der Waals surface area contributed by atoms with Crippen LogP contribution in [0.1, 0.15) is 18.4 Å². The topological polar surface area (TPSA) is 109 Å². The average Bonchev–Trinajstić information content (AvgIpc) is 3.41. The van der Waals surface area contributed by atoms with Gasteiger partial charge < -0.3 is 14.8 Å². The third-order valence-electron chi connectivity index (χ3n) is 5.49. The zero-order valence-corrected chi connectivity index (χ0v) is 17.9. The molecule has 5 rings (SSSR count). The number of nitrogens with zero attached hydrogens (tertiary/aromatic N) is 4. The molecule has 0 bridgehead atoms. The summed E-state index contributed by atoms with van der Waals surface area (Å²) in [6, 6.07) is 17.5. The Balaban J connectivity index is 1.40. The van der Waals surface area contributed by atoms with Gasteiger partial charge in [-0.2, -0.15) is 10.4 Å². The van der Waals surface area contributed by atoms with E-state index >= 15 is 0 Å². The van der Waals surface area contributed by atoms with Crippen LogP contribution >= 0.6 is 0 Å². The van der Waals surface area contributed by atoms with Crippen molar-refractivity contribution in [3.8, 4) is 34.2 Å². The molecule has 0 radical (unpaired) electrons. The summed E-state index contributed by atoms with van der Waals surface area (Å²) in [5.41, 5.74) is 4.88. The Morgan fingerprint density at radius 2 is 1.91 bits per heavy atom. The second kappa shape index (κ2) is 9.51. The van der Waals surface area contributed by atoms with Gasteiger partial charge in [-0.05, 0) is 35.9 Å². The molecule has 164 valence electrons. The molecule has 2 aromatic carbocycles. The normalized spacial score (nSPS) is 13.9. The molecule has 0 atom stereocenters. The standard InChI is InChI=1S/C25H22N6O2/c26-14-18-2-1-3-22(24(18)33-21-9-12-32-13-10-21)23-8-11-27-25(31-23)30-20-6-4-17(5-7-20)19-15-28-29-16-19/h1-8,11,15-16,21H,9-10,12-13H2,(H,28,29)(H,27,30,31). The number of hydrogen-bond acceptors (Lipinski definition) is 7. The summed E-state index contributed by atoms with van der Waals surface area (Å²) < 4.78 is 11.7. The summed E-state index contributed by atoms with van der Waals surface area (Å²) in [4.78, 5) is 9.05. The van der Waals surface area contributed by atoms with Gasteiger partial charge in [-0.25, -0.2) is 9.97 Å². The Bertz CT molecular complexity index is 1260. The Labute approximate surface area is 191 Å². The summed E-state index contributed by atoms with van der Waals surface area (Å²) in [5, 5.41) is 19.7. The van der Waals surface area contributed by atoms with Crippen molar-refractivity contribution in [1.82, 2.24) is 20.2 Å². The fourth-order valence-electron chi connectivity index (χ4n) is 3.77. The molecule has 0 amide bonds. The third-order valence-corrected chi connectivity index (χ3v) is 5.49. The van der Waals surface area contributed by atoms with Gasteiger partial charge in [0.1, 0.15) is 17.9 Å². The number of anilines is 2. The van der Waals surface area contributed by atoms with E-state index in [1.165, 1.54) is 0 Å². The van der Waals surface area contributed by atoms with E-state index in [9.17, 15) is 5.26 Å². The van der Waals surface area contributed by atoms with Crippen molar-refractivity contribution in [2.45, 2.75) is 18.9 Å². The Kier molecular flexibility index (Phi) is 5.95. The summed E-state index contributed by atoms with van der Waals surface area (Å²) in [7, 11) is 0. The molecule has 1 saturated heterocycles. The molecule has 8 heteroatoms. The molecule has 0 aliphatic carbocycles. The third kappa shape index (κ3) is 4.68. The van der Waals surface area contributed by atoms with Crippen LogP contribution in [0.5, 0.6) is 5.75 Å². The monoisotopic (exact) mass is 438 g/mol. The number of nitrogens with one attached hydrogen (secondary N) is 2. The van der Waals surface area contributed by atoms with Gasteiger partial charge >= 0.3 is 0 Å². The van der Waals surface area contributed by atoms with Crippen LogP contribution < -0.4 is 10.1 Å². The summed E-state index contributed by atoms with van der Waals surface area (Å²) >= 11 is 0. The van der Waals surface area contributed by atoms with Crippen LogP contribution in [0.3, 0.4) is 0 Å². The van der Waals surface area contributed by atoms with Crippen molar-refractivity contribution in [3.63, 3.8) is 0 Å². The second-order valence-electron chi connectivity index (χ2n) is 7.68. The molecular formula is C25H22N6O2. The number of H-pyrrole nitrogens is 1. The van der Waals surface area contributed by atoms with E-state index < -0.39 is 0 Å². The average molecular weight is 438 g/mol. The van der Waals surface area contributed by atoms with Crippen LogP contribution in [0.4, 0.5) is 11.6 Å². The van der Waals surface area contributed by atoms with E-state index in [0.29, 0.717) is 36.2 Å². The minimum absolute atomic E-state index is 0.0141. The van der Waals surface area contributed by atoms with Crippen molar-refractivity contribution in [2.75, 3.05) is 18.5 Å². The van der Waals surface area contributed by atoms with E-state index in [1.54, 1.807) is 18.5 Å². The molecule has 0 spiro atoms. The highest BCUT2D eigenvalue weighted by Gasteiger charge is 2.20. The van der Waals surface area contributed by atoms with E-state index in [1.807, 2.05) is 48.7 Å². The van der Waals surface area contributed by atoms with E-state index in [0.717, 1.165) is 35.2 Å². The number of nitriles is 1. The summed E-state index contributed by atoms with van der Waals surface area (Å²) in [6.45, 7) is 1.32. The van der Waals surface area contributed by atoms with Gasteiger partial charge in [-0.3, -0.25) is 5.10 Å². The number of rotatable bonds is 6. The van der Waals surface area contributed by atoms with Crippen molar-refractivity contribution in [2.24, 2.45) is 0 Å². The van der Waals surface area contributed by atoms with Crippen LogP contribution in [-0.2, 0) is 4.74 Å². The zero-order valence-electron chi connectivity index (χ0n) is 17.9. The van der Waals surface area contributed by atoms with Crippen LogP contribution in [-0.4, -0.2) is 39.5 Å². The first kappa shape index (κ1) is 20.7. The van der Waals surface area contributed by atoms with Crippen LogP contribution in [0.15, 0.2) is 67.1 Å². The van der Waals surface area contributed by atoms with E-state index in [-0.39, 0.29) is 6.10 Å². The van der Waals surface area contributed by atoms with Gasteiger partial charge in [-0.15, -0.1) is 0 Å². The number of aromatic nitrogens is 4. The number of para-hydroxylation sites is 1. The summed E-state index contributed by atoms with van der Waals surface area (Å²) in [6.07, 6.45) is 6.94. The predicted octanol–water partition coefficient (Wildman–Crippen LogP) is 4.71. The molecular weight excluding hydrogens is 416 g/mol. The van der Waals surface area contributed by atoms with Gasteiger partial charge in [0, 0.05) is 42.0 Å². The Morgan fingerprint density at radius 1 is 1.06 bits per heavy atom. The first-order chi connectivity index (χ1) is 16.3. The maximum absolute atomic E-state index is 9.65. The number of aromatic amines is 1. The van der Waals surface area contributed by atoms with Crippen molar-refractivity contribution in [1.29, 1.82) is 5.26 Å². The zero-order chi connectivity index (χ0) is 22.5. The van der Waals surface area contributed by atoms with Gasteiger partial charge in [0.05, 0.1) is 30.7 Å². The molecule has 1 aliphatic rings. The Hall–Kier alpha value is -4.22. The lowest BCUT2D eigenvalue weighted by Gasteiger charge is -2.25. The number of hydrogen-bond donors (Lipinski definition) is 2. The highest BCUT2D eigenvalue weighted by molar-refractivity contribution is 5.72. The van der Waals surface area contributed by atoms with E-state index in [2.05, 4.69) is 31.6 Å². The molecule has 1 fully saturated rings. The van der Waals surface area contributed by atoms with Gasteiger partial charge in [0.2, 0.25) is 5.95 Å². The smallest absolute Gasteiger partial charge is 0.227 e. The number of ether oxygens (including phenoxy) is 2. The summed E-state index contributed by atoms with van der Waals surface area (Å²) in [5.74, 6) is 1.02. The lowest BCUT2D eigenvalue weighted by atomic mass is 10.1. The van der Waals surface area contributed by atoms with E-state index in [4.69, 9.17) is 9.47 Å². The highest BCUT2D eigenvalue weighted by atomic mass is 16.5. The van der Waals surface area contributed by atoms with Crippen LogP contribution in [0, 0.1) is 11.3 Å². The molecule has 1 aliphatic heterocycles. The van der Waals surface area contributed by atoms with Gasteiger partial charge in [-0.1, -0.05) is 18.2 Å². The molecule has 2 aromatic heterocycles. The number of benzene rings is 2. The fourth-order valence-corrected chi connectivity index (χ4v) is 3.77. The van der Waals surface area contributed by atoms with Gasteiger partial charge in [0.15, 0.2) is 0 Å². The second-order valence-corrected chi connectivity index (χ2v) is 7.68.